The second-order valence-corrected chi connectivity index (χ2v) is 8.43. The number of aromatic nitrogens is 2. The minimum atomic E-state index is -0.0445. The molecule has 0 saturated carbocycles. The number of anilines is 1. The van der Waals surface area contributed by atoms with Crippen LogP contribution in [0.4, 0.5) is 5.69 Å². The summed E-state index contributed by atoms with van der Waals surface area (Å²) in [6.45, 7) is 6.85. The van der Waals surface area contributed by atoms with Crippen LogP contribution in [0.5, 0.6) is 0 Å². The highest BCUT2D eigenvalue weighted by atomic mass is 35.5. The maximum absolute atomic E-state index is 12.8. The van der Waals surface area contributed by atoms with E-state index in [1.807, 2.05) is 24.3 Å². The minimum Gasteiger partial charge on any atom is -0.324 e. The van der Waals surface area contributed by atoms with E-state index in [1.54, 1.807) is 6.07 Å². The maximum atomic E-state index is 12.8. The fourth-order valence-corrected chi connectivity index (χ4v) is 4.38. The van der Waals surface area contributed by atoms with Gasteiger partial charge in [-0.25, -0.2) is 4.98 Å². The van der Waals surface area contributed by atoms with Crippen LogP contribution in [0.15, 0.2) is 48.5 Å². The molecule has 1 atom stereocenters. The number of piperidine rings is 1. The van der Waals surface area contributed by atoms with Crippen molar-refractivity contribution in [2.24, 2.45) is 5.92 Å². The van der Waals surface area contributed by atoms with E-state index < -0.39 is 0 Å². The van der Waals surface area contributed by atoms with Gasteiger partial charge in [0, 0.05) is 12.6 Å². The van der Waals surface area contributed by atoms with Crippen molar-refractivity contribution in [3.05, 3.63) is 59.4 Å². The number of rotatable bonds is 5. The Morgan fingerprint density at radius 1 is 1.21 bits per heavy atom. The summed E-state index contributed by atoms with van der Waals surface area (Å²) in [7, 11) is 0. The van der Waals surface area contributed by atoms with Crippen LogP contribution in [-0.4, -0.2) is 33.4 Å². The molecule has 5 nitrogen and oxygen atoms in total. The van der Waals surface area contributed by atoms with Gasteiger partial charge in [0.1, 0.15) is 5.82 Å². The second-order valence-electron chi connectivity index (χ2n) is 8.02. The van der Waals surface area contributed by atoms with Crippen LogP contribution < -0.4 is 5.32 Å². The van der Waals surface area contributed by atoms with Gasteiger partial charge in [0.15, 0.2) is 0 Å². The Labute approximate surface area is 176 Å². The smallest absolute Gasteiger partial charge is 0.228 e. The van der Waals surface area contributed by atoms with Crippen LogP contribution in [0.25, 0.3) is 11.0 Å². The number of likely N-dealkylation sites (tertiary alicyclic amines) is 1. The molecule has 0 bridgehead atoms. The molecule has 2 aromatic carbocycles. The summed E-state index contributed by atoms with van der Waals surface area (Å²) in [6, 6.07) is 16.0. The minimum absolute atomic E-state index is 0.0418. The highest BCUT2D eigenvalue weighted by molar-refractivity contribution is 6.33. The first-order valence-electron chi connectivity index (χ1n) is 10.3. The van der Waals surface area contributed by atoms with Crippen molar-refractivity contribution in [3.8, 4) is 0 Å². The molecule has 1 aromatic heterocycles. The number of carbonyl (C=O) groups excluding carboxylic acids is 1. The van der Waals surface area contributed by atoms with Crippen molar-refractivity contribution >= 4 is 34.2 Å². The molecule has 29 heavy (non-hydrogen) atoms. The molecule has 0 radical (unpaired) electrons. The largest absolute Gasteiger partial charge is 0.324 e. The van der Waals surface area contributed by atoms with Crippen LogP contribution in [-0.2, 0) is 11.3 Å². The maximum Gasteiger partial charge on any atom is 0.228 e. The quantitative estimate of drug-likeness (QED) is 0.635. The molecule has 1 aliphatic heterocycles. The van der Waals surface area contributed by atoms with E-state index >= 15 is 0 Å². The lowest BCUT2D eigenvalue weighted by atomic mass is 9.97. The molecular weight excluding hydrogens is 384 g/mol. The van der Waals surface area contributed by atoms with Crippen LogP contribution in [0.1, 0.15) is 38.6 Å². The van der Waals surface area contributed by atoms with Gasteiger partial charge < -0.3 is 9.88 Å². The van der Waals surface area contributed by atoms with Crippen LogP contribution in [0.2, 0.25) is 5.02 Å². The van der Waals surface area contributed by atoms with Crippen molar-refractivity contribution in [2.75, 3.05) is 18.4 Å². The SMILES string of the molecule is CC(C)n1c(CN2CCC[C@H](C(=O)Nc3ccccc3Cl)C2)nc2ccccc21. The Morgan fingerprint density at radius 3 is 2.76 bits per heavy atom. The lowest BCUT2D eigenvalue weighted by Crippen LogP contribution is -2.40. The molecule has 6 heteroatoms. The van der Waals surface area contributed by atoms with E-state index in [0.717, 1.165) is 43.8 Å². The van der Waals surface area contributed by atoms with Gasteiger partial charge in [-0.1, -0.05) is 35.9 Å². The zero-order valence-corrected chi connectivity index (χ0v) is 17.7. The summed E-state index contributed by atoms with van der Waals surface area (Å²) in [5, 5.41) is 3.57. The number of para-hydroxylation sites is 3. The normalized spacial score (nSPS) is 17.7. The molecule has 3 aromatic rings. The molecule has 0 aliphatic carbocycles. The summed E-state index contributed by atoms with van der Waals surface area (Å²) in [6.07, 6.45) is 1.90. The molecule has 0 spiro atoms. The molecule has 1 N–H and O–H groups in total. The Morgan fingerprint density at radius 2 is 1.97 bits per heavy atom. The number of fused-ring (bicyclic) bond motifs is 1. The van der Waals surface area contributed by atoms with Gasteiger partial charge >= 0.3 is 0 Å². The Balaban J connectivity index is 1.48. The van der Waals surface area contributed by atoms with Gasteiger partial charge in [0.2, 0.25) is 5.91 Å². The molecule has 0 unspecified atom stereocenters. The third-order valence-corrected chi connectivity index (χ3v) is 5.89. The van der Waals surface area contributed by atoms with E-state index in [2.05, 4.69) is 46.8 Å². The van der Waals surface area contributed by atoms with E-state index in [0.29, 0.717) is 16.8 Å². The number of hydrogen-bond acceptors (Lipinski definition) is 3. The first kappa shape index (κ1) is 19.9. The summed E-state index contributed by atoms with van der Waals surface area (Å²) in [4.78, 5) is 20.0. The monoisotopic (exact) mass is 410 g/mol. The standard InChI is InChI=1S/C23H27ClN4O/c1-16(2)28-21-12-6-5-11-20(21)25-22(28)15-27-13-7-8-17(14-27)23(29)26-19-10-4-3-9-18(19)24/h3-6,9-12,16-17H,7-8,13-15H2,1-2H3,(H,26,29)/t17-/m0/s1. The highest BCUT2D eigenvalue weighted by Gasteiger charge is 2.27. The lowest BCUT2D eigenvalue weighted by molar-refractivity contribution is -0.121. The summed E-state index contributed by atoms with van der Waals surface area (Å²) in [5.41, 5.74) is 2.88. The van der Waals surface area contributed by atoms with Gasteiger partial charge in [0.05, 0.1) is 34.2 Å². The Hall–Kier alpha value is -2.37. The third-order valence-electron chi connectivity index (χ3n) is 5.56. The first-order valence-corrected chi connectivity index (χ1v) is 10.6. The van der Waals surface area contributed by atoms with E-state index in [9.17, 15) is 4.79 Å². The number of benzene rings is 2. The van der Waals surface area contributed by atoms with Crippen molar-refractivity contribution in [3.63, 3.8) is 0 Å². The predicted octanol–water partition coefficient (Wildman–Crippen LogP) is 5.12. The number of halogens is 1. The average molecular weight is 411 g/mol. The van der Waals surface area contributed by atoms with Crippen LogP contribution >= 0.6 is 11.6 Å². The van der Waals surface area contributed by atoms with Crippen molar-refractivity contribution in [1.82, 2.24) is 14.5 Å². The van der Waals surface area contributed by atoms with Crippen molar-refractivity contribution in [1.29, 1.82) is 0 Å². The summed E-state index contributed by atoms with van der Waals surface area (Å²) >= 11 is 6.19. The van der Waals surface area contributed by atoms with E-state index in [4.69, 9.17) is 16.6 Å². The predicted molar refractivity (Wildman–Crippen MR) is 118 cm³/mol. The number of carbonyl (C=O) groups is 1. The van der Waals surface area contributed by atoms with Crippen LogP contribution in [0, 0.1) is 5.92 Å². The number of imidazole rings is 1. The zero-order valence-electron chi connectivity index (χ0n) is 16.9. The molecule has 4 rings (SSSR count). The third kappa shape index (κ3) is 4.31. The molecule has 1 aliphatic rings. The van der Waals surface area contributed by atoms with Gasteiger partial charge in [-0.15, -0.1) is 0 Å². The van der Waals surface area contributed by atoms with Gasteiger partial charge in [0.25, 0.3) is 0 Å². The Bertz CT molecular complexity index is 1010. The Kier molecular flexibility index (Phi) is 5.88. The van der Waals surface area contributed by atoms with Gasteiger partial charge in [-0.2, -0.15) is 0 Å². The first-order chi connectivity index (χ1) is 14.0. The topological polar surface area (TPSA) is 50.2 Å². The number of amides is 1. The molecule has 1 amide bonds. The van der Waals surface area contributed by atoms with Gasteiger partial charge in [-0.05, 0) is 57.5 Å². The molecule has 152 valence electrons. The van der Waals surface area contributed by atoms with Crippen molar-refractivity contribution < 1.29 is 4.79 Å². The number of nitrogens with zero attached hydrogens (tertiary/aromatic N) is 3. The van der Waals surface area contributed by atoms with Crippen LogP contribution in [0.3, 0.4) is 0 Å². The zero-order chi connectivity index (χ0) is 20.4. The van der Waals surface area contributed by atoms with Crippen molar-refractivity contribution in [2.45, 2.75) is 39.3 Å². The highest BCUT2D eigenvalue weighted by Crippen LogP contribution is 2.26. The second kappa shape index (κ2) is 8.56. The fourth-order valence-electron chi connectivity index (χ4n) is 4.19. The molecule has 2 heterocycles. The van der Waals surface area contributed by atoms with E-state index in [-0.39, 0.29) is 11.8 Å². The molecule has 1 saturated heterocycles. The lowest BCUT2D eigenvalue weighted by Gasteiger charge is -2.32. The number of nitrogens with one attached hydrogen (secondary N) is 1. The average Bonchev–Trinajstić information content (AvgIpc) is 3.08. The molecule has 1 fully saturated rings. The number of hydrogen-bond donors (Lipinski definition) is 1. The van der Waals surface area contributed by atoms with Gasteiger partial charge in [-0.3, -0.25) is 9.69 Å². The molecular formula is C23H27ClN4O. The fraction of sp³-hybridized carbons (Fsp3) is 0.391. The van der Waals surface area contributed by atoms with E-state index in [1.165, 1.54) is 5.52 Å². The summed E-state index contributed by atoms with van der Waals surface area (Å²) < 4.78 is 2.31. The summed E-state index contributed by atoms with van der Waals surface area (Å²) in [5.74, 6) is 1.06.